The molecule has 1 atom stereocenters. The molecule has 1 N–H and O–H groups in total. The van der Waals surface area contributed by atoms with Gasteiger partial charge in [-0.2, -0.15) is 0 Å². The first-order valence-electron chi connectivity index (χ1n) is 6.54. The van der Waals surface area contributed by atoms with Crippen molar-refractivity contribution in [1.29, 1.82) is 0 Å². The molecule has 0 saturated heterocycles. The summed E-state index contributed by atoms with van der Waals surface area (Å²) in [4.78, 5) is 4.18. The predicted octanol–water partition coefficient (Wildman–Crippen LogP) is 2.84. The lowest BCUT2D eigenvalue weighted by Crippen LogP contribution is -2.33. The van der Waals surface area contributed by atoms with Crippen LogP contribution in [0.5, 0.6) is 0 Å². The maximum atomic E-state index is 4.18. The molecule has 18 heavy (non-hydrogen) atoms. The number of nitrogens with one attached hydrogen (secondary N) is 1. The van der Waals surface area contributed by atoms with Gasteiger partial charge in [0.2, 0.25) is 0 Å². The van der Waals surface area contributed by atoms with Crippen LogP contribution in [0.25, 0.3) is 0 Å². The smallest absolute Gasteiger partial charge is 0.0300 e. The molecule has 0 amide bonds. The second-order valence-corrected chi connectivity index (χ2v) is 4.51. The third kappa shape index (κ3) is 3.97. The summed E-state index contributed by atoms with van der Waals surface area (Å²) in [6.45, 7) is 3.15. The number of hydrogen-bond donors (Lipinski definition) is 1. The lowest BCUT2D eigenvalue weighted by molar-refractivity contribution is 0.521. The second-order valence-electron chi connectivity index (χ2n) is 4.51. The van der Waals surface area contributed by atoms with Crippen LogP contribution in [0.4, 0.5) is 0 Å². The van der Waals surface area contributed by atoms with Gasteiger partial charge in [-0.25, -0.2) is 0 Å². The largest absolute Gasteiger partial charge is 0.314 e. The first kappa shape index (κ1) is 12.8. The SMILES string of the molecule is CCNC(Cc1ccccc1)Cc1cccnc1. The van der Waals surface area contributed by atoms with Crippen LogP contribution in [0, 0.1) is 0 Å². The molecular weight excluding hydrogens is 220 g/mol. The van der Waals surface area contributed by atoms with Crippen LogP contribution in [-0.2, 0) is 12.8 Å². The van der Waals surface area contributed by atoms with Gasteiger partial charge < -0.3 is 5.32 Å². The molecule has 0 aliphatic heterocycles. The average molecular weight is 240 g/mol. The van der Waals surface area contributed by atoms with Crippen molar-refractivity contribution in [3.05, 3.63) is 66.0 Å². The number of aromatic nitrogens is 1. The number of rotatable bonds is 6. The Hall–Kier alpha value is -1.67. The number of nitrogens with zero attached hydrogens (tertiary/aromatic N) is 1. The van der Waals surface area contributed by atoms with Crippen molar-refractivity contribution < 1.29 is 0 Å². The lowest BCUT2D eigenvalue weighted by Gasteiger charge is -2.18. The Morgan fingerprint density at radius 3 is 2.39 bits per heavy atom. The molecule has 1 aromatic heterocycles. The zero-order chi connectivity index (χ0) is 12.6. The Bertz CT molecular complexity index is 398. The maximum absolute atomic E-state index is 4.18. The molecule has 0 aliphatic rings. The van der Waals surface area contributed by atoms with Crippen molar-refractivity contribution >= 4 is 0 Å². The summed E-state index contributed by atoms with van der Waals surface area (Å²) in [6, 6.07) is 15.3. The molecule has 0 spiro atoms. The van der Waals surface area contributed by atoms with E-state index in [9.17, 15) is 0 Å². The molecule has 0 radical (unpaired) electrons. The van der Waals surface area contributed by atoms with Gasteiger partial charge in [0, 0.05) is 18.4 Å². The molecule has 1 unspecified atom stereocenters. The third-order valence-corrected chi connectivity index (χ3v) is 3.02. The molecule has 2 nitrogen and oxygen atoms in total. The quantitative estimate of drug-likeness (QED) is 0.840. The van der Waals surface area contributed by atoms with Gasteiger partial charge in [0.15, 0.2) is 0 Å². The van der Waals surface area contributed by atoms with Crippen LogP contribution >= 0.6 is 0 Å². The topological polar surface area (TPSA) is 24.9 Å². The van der Waals surface area contributed by atoms with Crippen molar-refractivity contribution in [2.75, 3.05) is 6.54 Å². The van der Waals surface area contributed by atoms with E-state index in [0.29, 0.717) is 6.04 Å². The minimum Gasteiger partial charge on any atom is -0.314 e. The minimum absolute atomic E-state index is 0.474. The molecule has 0 fully saturated rings. The summed E-state index contributed by atoms with van der Waals surface area (Å²) in [5.74, 6) is 0. The van der Waals surface area contributed by atoms with E-state index in [4.69, 9.17) is 0 Å². The van der Waals surface area contributed by atoms with Crippen molar-refractivity contribution in [3.63, 3.8) is 0 Å². The first-order valence-corrected chi connectivity index (χ1v) is 6.54. The van der Waals surface area contributed by atoms with Crippen molar-refractivity contribution in [1.82, 2.24) is 10.3 Å². The summed E-state index contributed by atoms with van der Waals surface area (Å²) >= 11 is 0. The highest BCUT2D eigenvalue weighted by Gasteiger charge is 2.09. The van der Waals surface area contributed by atoms with Crippen LogP contribution in [0.2, 0.25) is 0 Å². The van der Waals surface area contributed by atoms with Crippen LogP contribution < -0.4 is 5.32 Å². The monoisotopic (exact) mass is 240 g/mol. The molecule has 1 heterocycles. The van der Waals surface area contributed by atoms with E-state index in [-0.39, 0.29) is 0 Å². The van der Waals surface area contributed by atoms with Crippen LogP contribution in [-0.4, -0.2) is 17.6 Å². The normalized spacial score (nSPS) is 12.3. The van der Waals surface area contributed by atoms with Crippen LogP contribution in [0.3, 0.4) is 0 Å². The Kier molecular flexibility index (Phi) is 4.91. The van der Waals surface area contributed by atoms with Crippen molar-refractivity contribution in [3.8, 4) is 0 Å². The van der Waals surface area contributed by atoms with E-state index in [1.54, 1.807) is 0 Å². The first-order chi connectivity index (χ1) is 8.88. The third-order valence-electron chi connectivity index (χ3n) is 3.02. The van der Waals surface area contributed by atoms with E-state index < -0.39 is 0 Å². The molecule has 0 aliphatic carbocycles. The van der Waals surface area contributed by atoms with E-state index in [1.165, 1.54) is 11.1 Å². The summed E-state index contributed by atoms with van der Waals surface area (Å²) < 4.78 is 0. The Balaban J connectivity index is 2.00. The molecule has 1 aromatic carbocycles. The van der Waals surface area contributed by atoms with Gasteiger partial charge in [-0.3, -0.25) is 4.98 Å². The molecule has 0 bridgehead atoms. The summed E-state index contributed by atoms with van der Waals surface area (Å²) in [7, 11) is 0. The standard InChI is InChI=1S/C16H20N2/c1-2-18-16(11-14-7-4-3-5-8-14)12-15-9-6-10-17-13-15/h3-10,13,16,18H,2,11-12H2,1H3. The van der Waals surface area contributed by atoms with Crippen LogP contribution in [0.1, 0.15) is 18.1 Å². The van der Waals surface area contributed by atoms with E-state index in [0.717, 1.165) is 19.4 Å². The number of benzene rings is 1. The molecule has 2 aromatic rings. The van der Waals surface area contributed by atoms with E-state index in [2.05, 4.69) is 53.6 Å². The fourth-order valence-corrected chi connectivity index (χ4v) is 2.21. The Morgan fingerprint density at radius 1 is 1.00 bits per heavy atom. The van der Waals surface area contributed by atoms with Gasteiger partial charge in [-0.05, 0) is 36.6 Å². The van der Waals surface area contributed by atoms with Gasteiger partial charge in [-0.1, -0.05) is 43.3 Å². The van der Waals surface area contributed by atoms with Crippen molar-refractivity contribution in [2.45, 2.75) is 25.8 Å². The highest BCUT2D eigenvalue weighted by Crippen LogP contribution is 2.08. The zero-order valence-corrected chi connectivity index (χ0v) is 10.8. The molecule has 0 saturated carbocycles. The summed E-state index contributed by atoms with van der Waals surface area (Å²) in [6.07, 6.45) is 5.86. The summed E-state index contributed by atoms with van der Waals surface area (Å²) in [5, 5.41) is 3.55. The molecule has 94 valence electrons. The van der Waals surface area contributed by atoms with Gasteiger partial charge in [0.25, 0.3) is 0 Å². The highest BCUT2D eigenvalue weighted by atomic mass is 14.9. The number of pyridine rings is 1. The van der Waals surface area contributed by atoms with Gasteiger partial charge >= 0.3 is 0 Å². The molecular formula is C16H20N2. The highest BCUT2D eigenvalue weighted by molar-refractivity contribution is 5.17. The fraction of sp³-hybridized carbons (Fsp3) is 0.312. The molecule has 2 heteroatoms. The van der Waals surface area contributed by atoms with Gasteiger partial charge in [0.1, 0.15) is 0 Å². The fourth-order valence-electron chi connectivity index (χ4n) is 2.21. The van der Waals surface area contributed by atoms with E-state index >= 15 is 0 Å². The van der Waals surface area contributed by atoms with E-state index in [1.807, 2.05) is 18.5 Å². The lowest BCUT2D eigenvalue weighted by atomic mass is 10.00. The van der Waals surface area contributed by atoms with Crippen LogP contribution in [0.15, 0.2) is 54.9 Å². The average Bonchev–Trinajstić information content (AvgIpc) is 2.41. The van der Waals surface area contributed by atoms with Gasteiger partial charge in [0.05, 0.1) is 0 Å². The zero-order valence-electron chi connectivity index (χ0n) is 10.8. The summed E-state index contributed by atoms with van der Waals surface area (Å²) in [5.41, 5.74) is 2.67. The predicted molar refractivity (Wildman–Crippen MR) is 75.6 cm³/mol. The second kappa shape index (κ2) is 6.92. The van der Waals surface area contributed by atoms with Gasteiger partial charge in [-0.15, -0.1) is 0 Å². The number of likely N-dealkylation sites (N-methyl/N-ethyl adjacent to an activating group) is 1. The maximum Gasteiger partial charge on any atom is 0.0300 e. The Labute approximate surface area is 109 Å². The molecule has 2 rings (SSSR count). The van der Waals surface area contributed by atoms with Crippen molar-refractivity contribution in [2.24, 2.45) is 0 Å². The minimum atomic E-state index is 0.474. The number of hydrogen-bond acceptors (Lipinski definition) is 2. The Morgan fingerprint density at radius 2 is 1.72 bits per heavy atom.